The van der Waals surface area contributed by atoms with Crippen molar-refractivity contribution >= 4 is 11.8 Å². The fourth-order valence-electron chi connectivity index (χ4n) is 1.32. The van der Waals surface area contributed by atoms with Crippen molar-refractivity contribution in [1.29, 1.82) is 0 Å². The summed E-state index contributed by atoms with van der Waals surface area (Å²) in [5.74, 6) is -0.0220. The average Bonchev–Trinajstić information content (AvgIpc) is 2.44. The number of amides is 2. The van der Waals surface area contributed by atoms with Crippen LogP contribution < -0.4 is 10.6 Å². The molecule has 2 amide bonds. The van der Waals surface area contributed by atoms with E-state index in [0.29, 0.717) is 0 Å². The first kappa shape index (κ1) is 9.98. The first-order valence-electron chi connectivity index (χ1n) is 4.34. The second-order valence-electron chi connectivity index (χ2n) is 3.16. The van der Waals surface area contributed by atoms with Crippen LogP contribution in [0.15, 0.2) is 0 Å². The first-order chi connectivity index (χ1) is 6.15. The molecule has 74 valence electrons. The molecular formula is C8H15N3O2. The molecule has 1 heterocycles. The van der Waals surface area contributed by atoms with E-state index in [1.807, 2.05) is 0 Å². The predicted molar refractivity (Wildman–Crippen MR) is 48.1 cm³/mol. The fraction of sp³-hybridized carbons (Fsp3) is 0.750. The summed E-state index contributed by atoms with van der Waals surface area (Å²) in [4.78, 5) is 23.9. The van der Waals surface area contributed by atoms with Crippen molar-refractivity contribution in [2.45, 2.75) is 12.5 Å². The highest BCUT2D eigenvalue weighted by molar-refractivity contribution is 5.85. The third-order valence-corrected chi connectivity index (χ3v) is 2.22. The van der Waals surface area contributed by atoms with Crippen LogP contribution in [0.5, 0.6) is 0 Å². The van der Waals surface area contributed by atoms with E-state index in [9.17, 15) is 9.59 Å². The monoisotopic (exact) mass is 185 g/mol. The van der Waals surface area contributed by atoms with Gasteiger partial charge in [-0.15, -0.1) is 0 Å². The molecule has 1 fully saturated rings. The van der Waals surface area contributed by atoms with Crippen LogP contribution in [0.4, 0.5) is 0 Å². The number of carbonyl (C=O) groups is 2. The Hall–Kier alpha value is -1.10. The minimum absolute atomic E-state index is 0.0731. The molecule has 5 heteroatoms. The van der Waals surface area contributed by atoms with E-state index < -0.39 is 0 Å². The molecule has 1 aliphatic rings. The summed E-state index contributed by atoms with van der Waals surface area (Å²) >= 11 is 0. The molecule has 5 nitrogen and oxygen atoms in total. The molecular weight excluding hydrogens is 170 g/mol. The van der Waals surface area contributed by atoms with Crippen LogP contribution in [0.2, 0.25) is 0 Å². The van der Waals surface area contributed by atoms with Gasteiger partial charge >= 0.3 is 0 Å². The lowest BCUT2D eigenvalue weighted by atomic mass is 10.2. The Morgan fingerprint density at radius 1 is 1.69 bits per heavy atom. The van der Waals surface area contributed by atoms with Crippen LogP contribution in [0.1, 0.15) is 6.42 Å². The van der Waals surface area contributed by atoms with Crippen molar-refractivity contribution < 1.29 is 9.59 Å². The Morgan fingerprint density at radius 2 is 2.38 bits per heavy atom. The van der Waals surface area contributed by atoms with Crippen molar-refractivity contribution in [2.24, 2.45) is 0 Å². The highest BCUT2D eigenvalue weighted by Gasteiger charge is 2.28. The maximum Gasteiger partial charge on any atom is 0.239 e. The lowest BCUT2D eigenvalue weighted by Gasteiger charge is -2.11. The number of likely N-dealkylation sites (tertiary alicyclic amines) is 1. The van der Waals surface area contributed by atoms with Gasteiger partial charge in [-0.3, -0.25) is 14.9 Å². The van der Waals surface area contributed by atoms with Crippen molar-refractivity contribution in [3.8, 4) is 0 Å². The number of nitrogens with zero attached hydrogens (tertiary/aromatic N) is 1. The Kier molecular flexibility index (Phi) is 3.25. The number of hydrogen-bond donors (Lipinski definition) is 2. The molecule has 2 N–H and O–H groups in total. The Bertz CT molecular complexity index is 217. The van der Waals surface area contributed by atoms with E-state index in [2.05, 4.69) is 10.6 Å². The van der Waals surface area contributed by atoms with Gasteiger partial charge in [0.1, 0.15) is 0 Å². The van der Waals surface area contributed by atoms with Crippen molar-refractivity contribution in [3.63, 3.8) is 0 Å². The molecule has 1 unspecified atom stereocenters. The van der Waals surface area contributed by atoms with E-state index in [1.54, 1.807) is 19.0 Å². The smallest absolute Gasteiger partial charge is 0.239 e. The fourth-order valence-corrected chi connectivity index (χ4v) is 1.32. The van der Waals surface area contributed by atoms with Gasteiger partial charge in [0.05, 0.1) is 12.6 Å². The summed E-state index contributed by atoms with van der Waals surface area (Å²) in [5.41, 5.74) is 0. The maximum atomic E-state index is 11.3. The van der Waals surface area contributed by atoms with Crippen molar-refractivity contribution in [1.82, 2.24) is 15.5 Å². The zero-order valence-electron chi connectivity index (χ0n) is 7.96. The first-order valence-corrected chi connectivity index (χ1v) is 4.34. The second kappa shape index (κ2) is 4.23. The van der Waals surface area contributed by atoms with Gasteiger partial charge in [-0.1, -0.05) is 0 Å². The quantitative estimate of drug-likeness (QED) is 0.565. The van der Waals surface area contributed by atoms with Crippen LogP contribution in [0, 0.1) is 0 Å². The number of likely N-dealkylation sites (N-methyl/N-ethyl adjacent to an activating group) is 2. The summed E-state index contributed by atoms with van der Waals surface area (Å²) in [6, 6.07) is -0.178. The SMILES string of the molecule is CNC(=O)CNC1CCN(C)C1=O. The summed E-state index contributed by atoms with van der Waals surface area (Å²) in [7, 11) is 3.34. The van der Waals surface area contributed by atoms with Crippen LogP contribution in [0.25, 0.3) is 0 Å². The van der Waals surface area contributed by atoms with Gasteiger partial charge in [-0.25, -0.2) is 0 Å². The molecule has 0 radical (unpaired) electrons. The normalized spacial score (nSPS) is 22.2. The highest BCUT2D eigenvalue weighted by atomic mass is 16.2. The molecule has 0 aromatic carbocycles. The molecule has 1 aliphatic heterocycles. The van der Waals surface area contributed by atoms with Crippen LogP contribution in [0.3, 0.4) is 0 Å². The molecule has 0 bridgehead atoms. The second-order valence-corrected chi connectivity index (χ2v) is 3.16. The lowest BCUT2D eigenvalue weighted by molar-refractivity contribution is -0.128. The third-order valence-electron chi connectivity index (χ3n) is 2.22. The zero-order valence-corrected chi connectivity index (χ0v) is 7.96. The van der Waals surface area contributed by atoms with Gasteiger partial charge in [0.2, 0.25) is 11.8 Å². The van der Waals surface area contributed by atoms with Crippen LogP contribution in [-0.2, 0) is 9.59 Å². The van der Waals surface area contributed by atoms with Gasteiger partial charge in [-0.05, 0) is 6.42 Å². The molecule has 0 saturated carbocycles. The number of hydrogen-bond acceptors (Lipinski definition) is 3. The minimum Gasteiger partial charge on any atom is -0.358 e. The number of nitrogens with one attached hydrogen (secondary N) is 2. The van der Waals surface area contributed by atoms with E-state index >= 15 is 0 Å². The van der Waals surface area contributed by atoms with Crippen molar-refractivity contribution in [2.75, 3.05) is 27.2 Å². The van der Waals surface area contributed by atoms with Gasteiger partial charge in [0, 0.05) is 20.6 Å². The number of carbonyl (C=O) groups excluding carboxylic acids is 2. The molecule has 0 aromatic heterocycles. The lowest BCUT2D eigenvalue weighted by Crippen LogP contribution is -2.42. The van der Waals surface area contributed by atoms with E-state index in [1.165, 1.54) is 0 Å². The predicted octanol–water partition coefficient (Wildman–Crippen LogP) is -1.45. The number of rotatable bonds is 3. The summed E-state index contributed by atoms with van der Waals surface area (Å²) in [6.45, 7) is 0.977. The zero-order chi connectivity index (χ0) is 9.84. The third kappa shape index (κ3) is 2.42. The Morgan fingerprint density at radius 3 is 2.85 bits per heavy atom. The molecule has 1 rings (SSSR count). The van der Waals surface area contributed by atoms with Crippen LogP contribution in [-0.4, -0.2) is 49.9 Å². The van der Waals surface area contributed by atoms with E-state index in [0.717, 1.165) is 13.0 Å². The average molecular weight is 185 g/mol. The standard InChI is InChI=1S/C8H15N3O2/c1-9-7(12)5-10-6-3-4-11(2)8(6)13/h6,10H,3-5H2,1-2H3,(H,9,12). The largest absolute Gasteiger partial charge is 0.358 e. The summed E-state index contributed by atoms with van der Waals surface area (Å²) in [5, 5.41) is 5.40. The van der Waals surface area contributed by atoms with Gasteiger partial charge in [0.25, 0.3) is 0 Å². The molecule has 0 aromatic rings. The Balaban J connectivity index is 2.30. The topological polar surface area (TPSA) is 61.4 Å². The molecule has 13 heavy (non-hydrogen) atoms. The van der Waals surface area contributed by atoms with Gasteiger partial charge in [0.15, 0.2) is 0 Å². The van der Waals surface area contributed by atoms with Crippen molar-refractivity contribution in [3.05, 3.63) is 0 Å². The summed E-state index contributed by atoms with van der Waals surface area (Å²) < 4.78 is 0. The van der Waals surface area contributed by atoms with E-state index in [-0.39, 0.29) is 24.4 Å². The highest BCUT2D eigenvalue weighted by Crippen LogP contribution is 2.07. The summed E-state index contributed by atoms with van der Waals surface area (Å²) in [6.07, 6.45) is 0.784. The molecule has 1 atom stereocenters. The minimum atomic E-state index is -0.178. The van der Waals surface area contributed by atoms with E-state index in [4.69, 9.17) is 0 Å². The van der Waals surface area contributed by atoms with Crippen LogP contribution >= 0.6 is 0 Å². The van der Waals surface area contributed by atoms with Gasteiger partial charge in [-0.2, -0.15) is 0 Å². The Labute approximate surface area is 77.5 Å². The van der Waals surface area contributed by atoms with Gasteiger partial charge < -0.3 is 10.2 Å². The molecule has 1 saturated heterocycles. The molecule has 0 spiro atoms. The maximum absolute atomic E-state index is 11.3. The molecule has 0 aliphatic carbocycles.